The summed E-state index contributed by atoms with van der Waals surface area (Å²) in [6.45, 7) is 8.69. The second-order valence-corrected chi connectivity index (χ2v) is 6.93. The normalized spacial score (nSPS) is 13.8. The number of fused-ring (bicyclic) bond motifs is 1. The van der Waals surface area contributed by atoms with Gasteiger partial charge in [0.2, 0.25) is 5.95 Å². The highest BCUT2D eigenvalue weighted by molar-refractivity contribution is 6.06. The SMILES string of the molecule is Cc1cc(C(=O)N2CCc3ccccc32)nc(NC(C)(C)C)n1. The lowest BCUT2D eigenvalue weighted by Gasteiger charge is -2.22. The number of amides is 1. The molecule has 5 heteroatoms. The van der Waals surface area contributed by atoms with E-state index in [1.807, 2.05) is 45.9 Å². The number of carbonyl (C=O) groups is 1. The molecule has 0 radical (unpaired) electrons. The van der Waals surface area contributed by atoms with E-state index in [1.165, 1.54) is 5.56 Å². The van der Waals surface area contributed by atoms with Crippen LogP contribution >= 0.6 is 0 Å². The molecule has 1 amide bonds. The number of nitrogens with zero attached hydrogens (tertiary/aromatic N) is 3. The minimum absolute atomic E-state index is 0.0718. The van der Waals surface area contributed by atoms with Gasteiger partial charge in [-0.2, -0.15) is 0 Å². The van der Waals surface area contributed by atoms with E-state index in [1.54, 1.807) is 11.0 Å². The first-order valence-electron chi connectivity index (χ1n) is 7.87. The highest BCUT2D eigenvalue weighted by Crippen LogP contribution is 2.28. The summed E-state index contributed by atoms with van der Waals surface area (Å²) in [4.78, 5) is 23.5. The summed E-state index contributed by atoms with van der Waals surface area (Å²) in [5.74, 6) is 0.422. The quantitative estimate of drug-likeness (QED) is 0.925. The molecule has 0 saturated carbocycles. The van der Waals surface area contributed by atoms with Crippen LogP contribution in [0, 0.1) is 6.92 Å². The van der Waals surface area contributed by atoms with E-state index in [9.17, 15) is 4.79 Å². The van der Waals surface area contributed by atoms with Crippen LogP contribution in [0.3, 0.4) is 0 Å². The van der Waals surface area contributed by atoms with Crippen LogP contribution in [0.15, 0.2) is 30.3 Å². The van der Waals surface area contributed by atoms with Crippen molar-refractivity contribution in [3.8, 4) is 0 Å². The van der Waals surface area contributed by atoms with Crippen LogP contribution in [0.5, 0.6) is 0 Å². The van der Waals surface area contributed by atoms with Crippen molar-refractivity contribution in [1.29, 1.82) is 0 Å². The minimum Gasteiger partial charge on any atom is -0.350 e. The molecule has 1 aliphatic heterocycles. The molecule has 0 bridgehead atoms. The molecule has 2 aromatic rings. The van der Waals surface area contributed by atoms with Gasteiger partial charge in [0, 0.05) is 23.5 Å². The molecule has 0 unspecified atom stereocenters. The van der Waals surface area contributed by atoms with Gasteiger partial charge >= 0.3 is 0 Å². The number of para-hydroxylation sites is 1. The Hall–Kier alpha value is -2.43. The number of hydrogen-bond donors (Lipinski definition) is 1. The van der Waals surface area contributed by atoms with E-state index < -0.39 is 0 Å². The number of anilines is 2. The van der Waals surface area contributed by atoms with E-state index in [0.717, 1.165) is 17.8 Å². The topological polar surface area (TPSA) is 58.1 Å². The first kappa shape index (κ1) is 15.5. The molecule has 23 heavy (non-hydrogen) atoms. The van der Waals surface area contributed by atoms with Crippen molar-refractivity contribution in [2.24, 2.45) is 0 Å². The van der Waals surface area contributed by atoms with Gasteiger partial charge < -0.3 is 10.2 Å². The first-order chi connectivity index (χ1) is 10.8. The average Bonchev–Trinajstić information content (AvgIpc) is 2.88. The Morgan fingerprint density at radius 1 is 1.22 bits per heavy atom. The number of aromatic nitrogens is 2. The summed E-state index contributed by atoms with van der Waals surface area (Å²) in [6, 6.07) is 9.77. The Balaban J connectivity index is 1.92. The monoisotopic (exact) mass is 310 g/mol. The molecule has 0 saturated heterocycles. The Bertz CT molecular complexity index is 749. The van der Waals surface area contributed by atoms with E-state index in [2.05, 4.69) is 21.4 Å². The van der Waals surface area contributed by atoms with Crippen LogP contribution in [-0.2, 0) is 6.42 Å². The van der Waals surface area contributed by atoms with Gasteiger partial charge in [0.05, 0.1) is 0 Å². The van der Waals surface area contributed by atoms with Crippen molar-refractivity contribution in [1.82, 2.24) is 9.97 Å². The van der Waals surface area contributed by atoms with Crippen molar-refractivity contribution in [3.05, 3.63) is 47.3 Å². The molecule has 1 aromatic carbocycles. The molecular weight excluding hydrogens is 288 g/mol. The third-order valence-electron chi connectivity index (χ3n) is 3.69. The van der Waals surface area contributed by atoms with Crippen LogP contribution < -0.4 is 10.2 Å². The van der Waals surface area contributed by atoms with Gasteiger partial charge in [-0.25, -0.2) is 9.97 Å². The molecule has 1 N–H and O–H groups in total. The van der Waals surface area contributed by atoms with Crippen LogP contribution in [0.1, 0.15) is 42.5 Å². The Morgan fingerprint density at radius 3 is 2.70 bits per heavy atom. The maximum atomic E-state index is 12.9. The van der Waals surface area contributed by atoms with Gasteiger partial charge in [-0.15, -0.1) is 0 Å². The Morgan fingerprint density at radius 2 is 1.96 bits per heavy atom. The summed E-state index contributed by atoms with van der Waals surface area (Å²) in [7, 11) is 0. The molecule has 1 aromatic heterocycles. The number of carbonyl (C=O) groups excluding carboxylic acids is 1. The molecule has 0 aliphatic carbocycles. The fourth-order valence-corrected chi connectivity index (χ4v) is 2.76. The van der Waals surface area contributed by atoms with E-state index in [4.69, 9.17) is 0 Å². The molecule has 3 rings (SSSR count). The molecule has 5 nitrogen and oxygen atoms in total. The predicted molar refractivity (Wildman–Crippen MR) is 92.0 cm³/mol. The highest BCUT2D eigenvalue weighted by atomic mass is 16.2. The molecule has 1 aliphatic rings. The van der Waals surface area contributed by atoms with E-state index >= 15 is 0 Å². The summed E-state index contributed by atoms with van der Waals surface area (Å²) in [5.41, 5.74) is 3.25. The molecule has 0 spiro atoms. The van der Waals surface area contributed by atoms with Gasteiger partial charge in [-0.05, 0) is 51.8 Å². The van der Waals surface area contributed by atoms with Crippen molar-refractivity contribution in [3.63, 3.8) is 0 Å². The van der Waals surface area contributed by atoms with Gasteiger partial charge in [0.1, 0.15) is 5.69 Å². The maximum absolute atomic E-state index is 12.9. The fourth-order valence-electron chi connectivity index (χ4n) is 2.76. The summed E-state index contributed by atoms with van der Waals surface area (Å²) in [6.07, 6.45) is 0.888. The zero-order valence-electron chi connectivity index (χ0n) is 14.1. The lowest BCUT2D eigenvalue weighted by molar-refractivity contribution is 0.0984. The van der Waals surface area contributed by atoms with Gasteiger partial charge in [-0.3, -0.25) is 4.79 Å². The summed E-state index contributed by atoms with van der Waals surface area (Å²) >= 11 is 0. The number of benzene rings is 1. The molecule has 0 fully saturated rings. The summed E-state index contributed by atoms with van der Waals surface area (Å²) in [5, 5.41) is 3.23. The van der Waals surface area contributed by atoms with Crippen molar-refractivity contribution in [2.75, 3.05) is 16.8 Å². The number of nitrogens with one attached hydrogen (secondary N) is 1. The predicted octanol–water partition coefficient (Wildman–Crippen LogP) is 3.20. The van der Waals surface area contributed by atoms with Crippen LogP contribution in [0.25, 0.3) is 0 Å². The average molecular weight is 310 g/mol. The third-order valence-corrected chi connectivity index (χ3v) is 3.69. The first-order valence-corrected chi connectivity index (χ1v) is 7.87. The number of aryl methyl sites for hydroxylation is 1. The zero-order valence-corrected chi connectivity index (χ0v) is 14.1. The van der Waals surface area contributed by atoms with E-state index in [0.29, 0.717) is 18.2 Å². The second-order valence-electron chi connectivity index (χ2n) is 6.93. The lowest BCUT2D eigenvalue weighted by atomic mass is 10.1. The van der Waals surface area contributed by atoms with Crippen molar-refractivity contribution in [2.45, 2.75) is 39.7 Å². The molecule has 2 heterocycles. The van der Waals surface area contributed by atoms with Crippen LogP contribution in [0.4, 0.5) is 11.6 Å². The molecule has 0 atom stereocenters. The van der Waals surface area contributed by atoms with Gasteiger partial charge in [0.25, 0.3) is 5.91 Å². The largest absolute Gasteiger partial charge is 0.350 e. The van der Waals surface area contributed by atoms with Crippen molar-refractivity contribution < 1.29 is 4.79 Å². The lowest BCUT2D eigenvalue weighted by Crippen LogP contribution is -2.31. The van der Waals surface area contributed by atoms with Gasteiger partial charge in [0.15, 0.2) is 0 Å². The highest BCUT2D eigenvalue weighted by Gasteiger charge is 2.26. The zero-order chi connectivity index (χ0) is 16.6. The molecular formula is C18H22N4O. The van der Waals surface area contributed by atoms with Gasteiger partial charge in [-0.1, -0.05) is 18.2 Å². The number of rotatable bonds is 2. The molecule has 120 valence electrons. The van der Waals surface area contributed by atoms with E-state index in [-0.39, 0.29) is 11.4 Å². The second kappa shape index (κ2) is 5.65. The minimum atomic E-state index is -0.158. The summed E-state index contributed by atoms with van der Waals surface area (Å²) < 4.78 is 0. The Labute approximate surface area is 136 Å². The maximum Gasteiger partial charge on any atom is 0.277 e. The third kappa shape index (κ3) is 3.33. The number of hydrogen-bond acceptors (Lipinski definition) is 4. The smallest absolute Gasteiger partial charge is 0.277 e. The van der Waals surface area contributed by atoms with Crippen LogP contribution in [-0.4, -0.2) is 28.0 Å². The van der Waals surface area contributed by atoms with Crippen LogP contribution in [0.2, 0.25) is 0 Å². The van der Waals surface area contributed by atoms with Crippen molar-refractivity contribution >= 4 is 17.5 Å². The Kier molecular flexibility index (Phi) is 3.80. The fraction of sp³-hybridized carbons (Fsp3) is 0.389. The standard InChI is InChI=1S/C18H22N4O/c1-12-11-14(20-17(19-12)21-18(2,3)4)16(23)22-10-9-13-7-5-6-8-15(13)22/h5-8,11H,9-10H2,1-4H3,(H,19,20,21).